The molecule has 0 aliphatic heterocycles. The smallest absolute Gasteiger partial charge is 0.375 e. The third kappa shape index (κ3) is 2.35. The fraction of sp³-hybridized carbons (Fsp3) is 0.500. The van der Waals surface area contributed by atoms with Gasteiger partial charge in [-0.05, 0) is 6.92 Å². The average Bonchev–Trinajstić information content (AvgIpc) is 2.80. The second-order valence-electron chi connectivity index (χ2n) is 5.50. The van der Waals surface area contributed by atoms with E-state index in [0.29, 0.717) is 5.82 Å². The molecule has 0 bridgehead atoms. The van der Waals surface area contributed by atoms with Gasteiger partial charge in [0, 0.05) is 12.5 Å². The maximum atomic E-state index is 11.1. The minimum atomic E-state index is -1.13. The van der Waals surface area contributed by atoms with Gasteiger partial charge in [0.25, 0.3) is 5.82 Å². The van der Waals surface area contributed by atoms with Crippen LogP contribution >= 0.6 is 0 Å². The van der Waals surface area contributed by atoms with Crippen LogP contribution in [0.25, 0.3) is 5.69 Å². The van der Waals surface area contributed by atoms with Gasteiger partial charge in [-0.3, -0.25) is 4.68 Å². The van der Waals surface area contributed by atoms with Gasteiger partial charge in [0.05, 0.1) is 11.9 Å². The lowest BCUT2D eigenvalue weighted by atomic mass is 9.95. The summed E-state index contributed by atoms with van der Waals surface area (Å²) in [5, 5.41) is 17.4. The topological polar surface area (TPSA) is 85.8 Å². The highest BCUT2D eigenvalue weighted by atomic mass is 16.4. The molecule has 0 saturated heterocycles. The molecule has 102 valence electrons. The second-order valence-corrected chi connectivity index (χ2v) is 5.50. The fourth-order valence-corrected chi connectivity index (χ4v) is 1.85. The molecule has 1 N–H and O–H groups in total. The lowest BCUT2D eigenvalue weighted by Crippen LogP contribution is -2.19. The molecule has 2 rings (SSSR count). The summed E-state index contributed by atoms with van der Waals surface area (Å²) in [7, 11) is 1.81. The molecule has 2 aromatic rings. The van der Waals surface area contributed by atoms with Crippen LogP contribution in [0, 0.1) is 6.92 Å². The molecule has 19 heavy (non-hydrogen) atoms. The summed E-state index contributed by atoms with van der Waals surface area (Å²) in [6, 6.07) is 0. The van der Waals surface area contributed by atoms with E-state index in [9.17, 15) is 4.79 Å². The van der Waals surface area contributed by atoms with Crippen molar-refractivity contribution < 1.29 is 9.90 Å². The molecule has 0 aliphatic carbocycles. The molecule has 0 aliphatic rings. The summed E-state index contributed by atoms with van der Waals surface area (Å²) >= 11 is 0. The average molecular weight is 263 g/mol. The van der Waals surface area contributed by atoms with Crippen LogP contribution in [0.15, 0.2) is 6.20 Å². The van der Waals surface area contributed by atoms with Crippen molar-refractivity contribution in [2.24, 2.45) is 7.05 Å². The number of carbonyl (C=O) groups is 1. The Morgan fingerprint density at radius 1 is 1.32 bits per heavy atom. The zero-order valence-corrected chi connectivity index (χ0v) is 11.7. The van der Waals surface area contributed by atoms with Crippen molar-refractivity contribution in [2.45, 2.75) is 33.1 Å². The number of aromatic carboxylic acids is 1. The normalized spacial score (nSPS) is 11.8. The Morgan fingerprint density at radius 2 is 1.95 bits per heavy atom. The number of aromatic nitrogens is 5. The Balaban J connectivity index is 2.68. The maximum absolute atomic E-state index is 11.1. The molecule has 0 fully saturated rings. The summed E-state index contributed by atoms with van der Waals surface area (Å²) in [6.45, 7) is 7.74. The van der Waals surface area contributed by atoms with Crippen LogP contribution in [-0.2, 0) is 12.5 Å². The minimum Gasteiger partial charge on any atom is -0.475 e. The van der Waals surface area contributed by atoms with E-state index in [2.05, 4.69) is 15.2 Å². The summed E-state index contributed by atoms with van der Waals surface area (Å²) in [6.07, 6.45) is 1.80. The van der Waals surface area contributed by atoms with E-state index >= 15 is 0 Å². The molecule has 0 saturated carbocycles. The molecule has 7 heteroatoms. The molecule has 0 aromatic carbocycles. The molecule has 2 aromatic heterocycles. The SMILES string of the molecule is Cc1nn(C)cc1-n1nc(C(=O)O)nc1C(C)(C)C. The van der Waals surface area contributed by atoms with Crippen LogP contribution < -0.4 is 0 Å². The number of carboxylic acids is 1. The third-order valence-corrected chi connectivity index (χ3v) is 2.68. The number of nitrogens with zero attached hydrogens (tertiary/aromatic N) is 5. The predicted molar refractivity (Wildman–Crippen MR) is 68.5 cm³/mol. The molecule has 2 heterocycles. The number of aryl methyl sites for hydroxylation is 2. The summed E-state index contributed by atoms with van der Waals surface area (Å²) in [5.41, 5.74) is 1.20. The lowest BCUT2D eigenvalue weighted by Gasteiger charge is -2.17. The molecule has 0 radical (unpaired) electrons. The first-order chi connectivity index (χ1) is 8.70. The van der Waals surface area contributed by atoms with Crippen molar-refractivity contribution in [3.63, 3.8) is 0 Å². The standard InChI is InChI=1S/C12H17N5O2/c1-7-8(6-16(5)14-7)17-11(12(2,3)4)13-9(15-17)10(18)19/h6H,1-5H3,(H,18,19). The van der Waals surface area contributed by atoms with Crippen LogP contribution in [-0.4, -0.2) is 35.6 Å². The highest BCUT2D eigenvalue weighted by Gasteiger charge is 2.27. The van der Waals surface area contributed by atoms with Gasteiger partial charge < -0.3 is 5.11 Å². The first kappa shape index (κ1) is 13.3. The number of carboxylic acid groups (broad SMARTS) is 1. The molecule has 0 amide bonds. The van der Waals surface area contributed by atoms with E-state index in [1.807, 2.05) is 34.7 Å². The van der Waals surface area contributed by atoms with Crippen molar-refractivity contribution >= 4 is 5.97 Å². The largest absolute Gasteiger partial charge is 0.475 e. The minimum absolute atomic E-state index is 0.201. The Hall–Kier alpha value is -2.18. The van der Waals surface area contributed by atoms with Crippen molar-refractivity contribution in [1.82, 2.24) is 24.5 Å². The first-order valence-corrected chi connectivity index (χ1v) is 5.91. The Labute approximate surface area is 110 Å². The zero-order chi connectivity index (χ0) is 14.4. The van der Waals surface area contributed by atoms with Crippen LogP contribution in [0.5, 0.6) is 0 Å². The monoisotopic (exact) mass is 263 g/mol. The van der Waals surface area contributed by atoms with E-state index in [-0.39, 0.29) is 11.2 Å². The van der Waals surface area contributed by atoms with Crippen LogP contribution in [0.1, 0.15) is 42.9 Å². The van der Waals surface area contributed by atoms with Gasteiger partial charge in [-0.25, -0.2) is 14.5 Å². The number of hydrogen-bond donors (Lipinski definition) is 1. The Morgan fingerprint density at radius 3 is 2.37 bits per heavy atom. The van der Waals surface area contributed by atoms with E-state index in [1.54, 1.807) is 15.6 Å². The third-order valence-electron chi connectivity index (χ3n) is 2.68. The number of rotatable bonds is 2. The Bertz CT molecular complexity index is 633. The van der Waals surface area contributed by atoms with Gasteiger partial charge in [0.1, 0.15) is 11.5 Å². The van der Waals surface area contributed by atoms with Gasteiger partial charge in [0.2, 0.25) is 0 Å². The quantitative estimate of drug-likeness (QED) is 0.882. The van der Waals surface area contributed by atoms with Crippen molar-refractivity contribution in [3.8, 4) is 5.69 Å². The lowest BCUT2D eigenvalue weighted by molar-refractivity contribution is 0.0683. The van der Waals surface area contributed by atoms with Crippen LogP contribution in [0.3, 0.4) is 0 Å². The summed E-state index contributed by atoms with van der Waals surface area (Å²) in [5.74, 6) is -0.736. The van der Waals surface area contributed by atoms with E-state index in [4.69, 9.17) is 5.11 Å². The van der Waals surface area contributed by atoms with E-state index in [0.717, 1.165) is 11.4 Å². The van der Waals surface area contributed by atoms with Gasteiger partial charge in [-0.15, -0.1) is 5.10 Å². The van der Waals surface area contributed by atoms with Crippen molar-refractivity contribution in [3.05, 3.63) is 23.5 Å². The van der Waals surface area contributed by atoms with Crippen LogP contribution in [0.4, 0.5) is 0 Å². The van der Waals surface area contributed by atoms with Gasteiger partial charge in [-0.1, -0.05) is 20.8 Å². The molecular weight excluding hydrogens is 246 g/mol. The maximum Gasteiger partial charge on any atom is 0.375 e. The highest BCUT2D eigenvalue weighted by Crippen LogP contribution is 2.24. The molecule has 0 unspecified atom stereocenters. The van der Waals surface area contributed by atoms with Crippen LogP contribution in [0.2, 0.25) is 0 Å². The molecular formula is C12H17N5O2. The summed E-state index contributed by atoms with van der Waals surface area (Å²) < 4.78 is 3.23. The van der Waals surface area contributed by atoms with Gasteiger partial charge in [0.15, 0.2) is 0 Å². The first-order valence-electron chi connectivity index (χ1n) is 5.91. The van der Waals surface area contributed by atoms with E-state index < -0.39 is 5.97 Å². The predicted octanol–water partition coefficient (Wildman–Crippen LogP) is 1.30. The van der Waals surface area contributed by atoms with Crippen molar-refractivity contribution in [1.29, 1.82) is 0 Å². The Kier molecular flexibility index (Phi) is 2.92. The van der Waals surface area contributed by atoms with E-state index in [1.165, 1.54) is 0 Å². The highest BCUT2D eigenvalue weighted by molar-refractivity contribution is 5.83. The second kappa shape index (κ2) is 4.18. The fourth-order valence-electron chi connectivity index (χ4n) is 1.85. The van der Waals surface area contributed by atoms with Gasteiger partial charge in [-0.2, -0.15) is 5.10 Å². The van der Waals surface area contributed by atoms with Crippen molar-refractivity contribution in [2.75, 3.05) is 0 Å². The number of hydrogen-bond acceptors (Lipinski definition) is 4. The van der Waals surface area contributed by atoms with Gasteiger partial charge >= 0.3 is 5.97 Å². The zero-order valence-electron chi connectivity index (χ0n) is 11.7. The summed E-state index contributed by atoms with van der Waals surface area (Å²) in [4.78, 5) is 15.2. The molecule has 7 nitrogen and oxygen atoms in total. The molecule has 0 atom stereocenters. The molecule has 0 spiro atoms.